The Bertz CT molecular complexity index is 1380. The molecule has 6 atom stereocenters. The predicted octanol–water partition coefficient (Wildman–Crippen LogP) is 0.00130. The number of hydrogen-bond donors (Lipinski definition) is 6. The predicted molar refractivity (Wildman–Crippen MR) is 132 cm³/mol. The van der Waals surface area contributed by atoms with Crippen molar-refractivity contribution in [2.24, 2.45) is 5.73 Å². The molecule has 0 saturated carbocycles. The standard InChI is InChI=1S/C27H29NO11/c1-10-22(31)13(28)6-17(38-10)39-15-8-27(36,16(30)9-29)7-12-19(15)26(35)21-20(24(12)33)23(32)11-4-3-5-14(37-2)18(11)25(21)34/h3-5,10,13,15,17,22,29,31,33,35-36H,6-9,28H2,1-2H3/t10-,13?,15-,17?,22?,27-/m1/s1. The Morgan fingerprint density at radius 3 is 2.49 bits per heavy atom. The number of rotatable bonds is 5. The lowest BCUT2D eigenvalue weighted by Crippen LogP contribution is -2.53. The van der Waals surface area contributed by atoms with Gasteiger partial charge in [0.15, 0.2) is 17.9 Å². The molecular weight excluding hydrogens is 514 g/mol. The van der Waals surface area contributed by atoms with Crippen LogP contribution in [0.4, 0.5) is 0 Å². The van der Waals surface area contributed by atoms with Crippen LogP contribution in [0.2, 0.25) is 0 Å². The van der Waals surface area contributed by atoms with Gasteiger partial charge in [0.25, 0.3) is 0 Å². The first kappa shape index (κ1) is 27.2. The van der Waals surface area contributed by atoms with Gasteiger partial charge in [0.2, 0.25) is 5.78 Å². The van der Waals surface area contributed by atoms with Crippen molar-refractivity contribution in [3.63, 3.8) is 0 Å². The van der Waals surface area contributed by atoms with Gasteiger partial charge in [-0.1, -0.05) is 12.1 Å². The van der Waals surface area contributed by atoms with Gasteiger partial charge in [0, 0.05) is 42.0 Å². The largest absolute Gasteiger partial charge is 0.507 e. The molecule has 1 saturated heterocycles. The molecule has 1 fully saturated rings. The van der Waals surface area contributed by atoms with Crippen molar-refractivity contribution in [3.05, 3.63) is 51.6 Å². The number of aliphatic hydroxyl groups is 3. The lowest BCUT2D eigenvalue weighted by molar-refractivity contribution is -0.247. The van der Waals surface area contributed by atoms with Crippen molar-refractivity contribution in [2.75, 3.05) is 13.7 Å². The number of phenolic OH excluding ortho intramolecular Hbond substituents is 2. The van der Waals surface area contributed by atoms with Crippen molar-refractivity contribution >= 4 is 17.3 Å². The van der Waals surface area contributed by atoms with Gasteiger partial charge in [-0.2, -0.15) is 0 Å². The van der Waals surface area contributed by atoms with Crippen LogP contribution in [-0.4, -0.2) is 86.7 Å². The molecule has 12 heteroatoms. The molecule has 0 radical (unpaired) electrons. The number of ether oxygens (including phenoxy) is 3. The van der Waals surface area contributed by atoms with Gasteiger partial charge in [-0.3, -0.25) is 14.4 Å². The number of aliphatic hydroxyl groups excluding tert-OH is 2. The molecule has 0 amide bonds. The van der Waals surface area contributed by atoms with Gasteiger partial charge >= 0.3 is 0 Å². The van der Waals surface area contributed by atoms with Crippen molar-refractivity contribution < 1.29 is 54.1 Å². The molecule has 0 bridgehead atoms. The van der Waals surface area contributed by atoms with E-state index in [1.165, 1.54) is 25.3 Å². The molecule has 5 rings (SSSR count). The fourth-order valence-electron chi connectivity index (χ4n) is 5.75. The highest BCUT2D eigenvalue weighted by atomic mass is 16.7. The summed E-state index contributed by atoms with van der Waals surface area (Å²) >= 11 is 0. The summed E-state index contributed by atoms with van der Waals surface area (Å²) < 4.78 is 17.0. The summed E-state index contributed by atoms with van der Waals surface area (Å²) in [5, 5.41) is 53.7. The highest BCUT2D eigenvalue weighted by Crippen LogP contribution is 2.52. The van der Waals surface area contributed by atoms with Gasteiger partial charge in [-0.15, -0.1) is 0 Å². The molecule has 7 N–H and O–H groups in total. The van der Waals surface area contributed by atoms with Crippen molar-refractivity contribution in [3.8, 4) is 17.2 Å². The normalized spacial score (nSPS) is 29.8. The average Bonchev–Trinajstić information content (AvgIpc) is 2.90. The lowest BCUT2D eigenvalue weighted by Gasteiger charge is -2.42. The summed E-state index contributed by atoms with van der Waals surface area (Å²) in [6.45, 7) is 0.560. The SMILES string of the molecule is COc1cccc2c1C(=O)c1c(O)c3c(c(O)c1C2=O)C[C@](O)(C(=O)CO)C[C@H]3OC1CC(N)C(O)[C@@H](C)O1. The fraction of sp³-hybridized carbons (Fsp3) is 0.444. The first-order valence-electron chi connectivity index (χ1n) is 12.4. The topological polar surface area (TPSA) is 206 Å². The zero-order valence-corrected chi connectivity index (χ0v) is 21.2. The van der Waals surface area contributed by atoms with E-state index in [9.17, 15) is 39.9 Å². The summed E-state index contributed by atoms with van der Waals surface area (Å²) in [4.78, 5) is 39.7. The minimum atomic E-state index is -2.24. The minimum Gasteiger partial charge on any atom is -0.507 e. The molecule has 1 aliphatic heterocycles. The minimum absolute atomic E-state index is 0.0173. The summed E-state index contributed by atoms with van der Waals surface area (Å²) in [6.07, 6.45) is -5.12. The number of ketones is 3. The number of phenols is 2. The van der Waals surface area contributed by atoms with Crippen LogP contribution >= 0.6 is 0 Å². The van der Waals surface area contributed by atoms with E-state index in [0.717, 1.165) is 0 Å². The van der Waals surface area contributed by atoms with Crippen LogP contribution in [0.3, 0.4) is 0 Å². The molecule has 0 spiro atoms. The third-order valence-corrected chi connectivity index (χ3v) is 7.81. The number of carbonyl (C=O) groups is 3. The fourth-order valence-corrected chi connectivity index (χ4v) is 5.75. The Hall–Kier alpha value is -3.39. The van der Waals surface area contributed by atoms with Gasteiger partial charge < -0.3 is 45.5 Å². The number of fused-ring (bicyclic) bond motifs is 3. The first-order valence-corrected chi connectivity index (χ1v) is 12.4. The zero-order valence-electron chi connectivity index (χ0n) is 21.2. The van der Waals surface area contributed by atoms with E-state index in [4.69, 9.17) is 19.9 Å². The van der Waals surface area contributed by atoms with Crippen LogP contribution in [0.5, 0.6) is 17.2 Å². The van der Waals surface area contributed by atoms with E-state index in [2.05, 4.69) is 0 Å². The van der Waals surface area contributed by atoms with Gasteiger partial charge in [-0.25, -0.2) is 0 Å². The molecule has 208 valence electrons. The summed E-state index contributed by atoms with van der Waals surface area (Å²) in [5.74, 6) is -3.77. The number of methoxy groups -OCH3 is 1. The van der Waals surface area contributed by atoms with Gasteiger partial charge in [0.1, 0.15) is 29.5 Å². The molecule has 3 unspecified atom stereocenters. The van der Waals surface area contributed by atoms with Gasteiger partial charge in [0.05, 0.1) is 42.1 Å². The van der Waals surface area contributed by atoms with E-state index < -0.39 is 95.7 Å². The van der Waals surface area contributed by atoms with E-state index in [-0.39, 0.29) is 34.4 Å². The van der Waals surface area contributed by atoms with Crippen molar-refractivity contribution in [1.82, 2.24) is 0 Å². The van der Waals surface area contributed by atoms with E-state index in [0.29, 0.717) is 0 Å². The molecule has 2 aromatic carbocycles. The second-order valence-electron chi connectivity index (χ2n) is 10.2. The lowest BCUT2D eigenvalue weighted by atomic mass is 9.72. The van der Waals surface area contributed by atoms with Crippen molar-refractivity contribution in [2.45, 2.75) is 62.4 Å². The Balaban J connectivity index is 1.69. The molecule has 0 aromatic heterocycles. The number of aromatic hydroxyl groups is 2. The van der Waals surface area contributed by atoms with E-state index >= 15 is 0 Å². The Morgan fingerprint density at radius 2 is 1.85 bits per heavy atom. The van der Waals surface area contributed by atoms with Crippen molar-refractivity contribution in [1.29, 1.82) is 0 Å². The quantitative estimate of drug-likeness (QED) is 0.235. The van der Waals surface area contributed by atoms with Crippen LogP contribution in [0.25, 0.3) is 0 Å². The van der Waals surface area contributed by atoms with Crippen LogP contribution in [0.1, 0.15) is 68.8 Å². The molecule has 3 aliphatic rings. The maximum Gasteiger partial charge on any atom is 0.202 e. The molecule has 12 nitrogen and oxygen atoms in total. The molecular formula is C27H29NO11. The molecule has 2 aliphatic carbocycles. The second kappa shape index (κ2) is 9.66. The smallest absolute Gasteiger partial charge is 0.202 e. The second-order valence-corrected chi connectivity index (χ2v) is 10.2. The van der Waals surface area contributed by atoms with Gasteiger partial charge in [-0.05, 0) is 13.0 Å². The maximum absolute atomic E-state index is 13.6. The third kappa shape index (κ3) is 4.11. The Labute approximate surface area is 222 Å². The average molecular weight is 544 g/mol. The molecule has 39 heavy (non-hydrogen) atoms. The number of nitrogens with two attached hydrogens (primary N) is 1. The molecule has 1 heterocycles. The van der Waals surface area contributed by atoms with Crippen LogP contribution in [0, 0.1) is 0 Å². The number of carbonyl (C=O) groups excluding carboxylic acids is 3. The van der Waals surface area contributed by atoms with Crippen LogP contribution < -0.4 is 10.5 Å². The zero-order chi connectivity index (χ0) is 28.4. The van der Waals surface area contributed by atoms with E-state index in [1.807, 2.05) is 0 Å². The first-order chi connectivity index (χ1) is 18.4. The number of Topliss-reactive ketones (excluding diaryl/α,β-unsaturated/α-hetero) is 1. The highest BCUT2D eigenvalue weighted by molar-refractivity contribution is 6.31. The van der Waals surface area contributed by atoms with Crippen LogP contribution in [0.15, 0.2) is 18.2 Å². The number of benzene rings is 2. The van der Waals surface area contributed by atoms with E-state index in [1.54, 1.807) is 6.92 Å². The Kier molecular flexibility index (Phi) is 6.74. The molecule has 2 aromatic rings. The summed E-state index contributed by atoms with van der Waals surface area (Å²) in [7, 11) is 1.32. The summed E-state index contributed by atoms with van der Waals surface area (Å²) in [6, 6.07) is 3.64. The monoisotopic (exact) mass is 543 g/mol. The highest BCUT2D eigenvalue weighted by Gasteiger charge is 2.50. The third-order valence-electron chi connectivity index (χ3n) is 7.81. The summed E-state index contributed by atoms with van der Waals surface area (Å²) in [5.41, 5.74) is 2.37. The van der Waals surface area contributed by atoms with Crippen LogP contribution in [-0.2, 0) is 20.7 Å². The Morgan fingerprint density at radius 1 is 1.15 bits per heavy atom. The maximum atomic E-state index is 13.6. The number of hydrogen-bond acceptors (Lipinski definition) is 12.